The zero-order valence-electron chi connectivity index (χ0n) is 11.9. The summed E-state index contributed by atoms with van der Waals surface area (Å²) in [6.45, 7) is 5.06. The van der Waals surface area contributed by atoms with Crippen LogP contribution >= 0.6 is 0 Å². The molecule has 0 rings (SSSR count). The van der Waals surface area contributed by atoms with Gasteiger partial charge in [-0.1, -0.05) is 13.8 Å². The number of hydrogen-bond donors (Lipinski definition) is 0. The zero-order chi connectivity index (χ0) is 16.7. The molecule has 0 saturated carbocycles. The first-order chi connectivity index (χ1) is 9.52. The quantitative estimate of drug-likeness (QED) is 0.505. The second-order valence-electron chi connectivity index (χ2n) is 4.54. The lowest BCUT2D eigenvalue weighted by atomic mass is 10.3. The molecular formula is C12H19F6NO2. The SMILES string of the molecule is CCCN(CCC)CCC(=O)OC(C(F)(F)F)C(F)(F)F. The van der Waals surface area contributed by atoms with Gasteiger partial charge in [0.1, 0.15) is 0 Å². The van der Waals surface area contributed by atoms with Gasteiger partial charge in [0, 0.05) is 6.54 Å². The van der Waals surface area contributed by atoms with Gasteiger partial charge in [-0.15, -0.1) is 0 Å². The number of ether oxygens (including phenoxy) is 1. The Bertz CT molecular complexity index is 296. The maximum atomic E-state index is 12.2. The van der Waals surface area contributed by atoms with Crippen molar-refractivity contribution >= 4 is 5.97 Å². The molecule has 0 radical (unpaired) electrons. The van der Waals surface area contributed by atoms with Gasteiger partial charge in [-0.25, -0.2) is 0 Å². The molecule has 0 aromatic heterocycles. The van der Waals surface area contributed by atoms with Gasteiger partial charge in [-0.2, -0.15) is 26.3 Å². The Balaban J connectivity index is 4.51. The van der Waals surface area contributed by atoms with E-state index in [9.17, 15) is 31.1 Å². The summed E-state index contributed by atoms with van der Waals surface area (Å²) in [5, 5.41) is 0. The molecule has 0 N–H and O–H groups in total. The maximum absolute atomic E-state index is 12.2. The minimum Gasteiger partial charge on any atom is -0.443 e. The Morgan fingerprint density at radius 2 is 1.38 bits per heavy atom. The number of carbonyl (C=O) groups is 1. The highest BCUT2D eigenvalue weighted by Gasteiger charge is 2.59. The van der Waals surface area contributed by atoms with Gasteiger partial charge in [0.05, 0.1) is 6.42 Å². The lowest BCUT2D eigenvalue weighted by Crippen LogP contribution is -2.45. The van der Waals surface area contributed by atoms with E-state index in [2.05, 4.69) is 4.74 Å². The van der Waals surface area contributed by atoms with Crippen molar-refractivity contribution in [2.45, 2.75) is 51.6 Å². The molecule has 0 aromatic carbocycles. The Labute approximate surface area is 119 Å². The molecule has 0 aromatic rings. The zero-order valence-corrected chi connectivity index (χ0v) is 11.9. The van der Waals surface area contributed by atoms with Crippen molar-refractivity contribution in [1.82, 2.24) is 4.90 Å². The summed E-state index contributed by atoms with van der Waals surface area (Å²) in [7, 11) is 0. The predicted molar refractivity (Wildman–Crippen MR) is 63.6 cm³/mol. The highest BCUT2D eigenvalue weighted by molar-refractivity contribution is 5.69. The van der Waals surface area contributed by atoms with Crippen LogP contribution in [0.3, 0.4) is 0 Å². The maximum Gasteiger partial charge on any atom is 0.434 e. The van der Waals surface area contributed by atoms with Gasteiger partial charge in [0.25, 0.3) is 6.10 Å². The van der Waals surface area contributed by atoms with Crippen molar-refractivity contribution in [3.63, 3.8) is 0 Å². The van der Waals surface area contributed by atoms with Crippen molar-refractivity contribution in [1.29, 1.82) is 0 Å². The van der Waals surface area contributed by atoms with Crippen LogP contribution in [0.1, 0.15) is 33.1 Å². The Hall–Kier alpha value is -0.990. The Kier molecular flexibility index (Phi) is 8.05. The minimum absolute atomic E-state index is 0.0724. The van der Waals surface area contributed by atoms with Crippen LogP contribution in [0, 0.1) is 0 Å². The van der Waals surface area contributed by atoms with Gasteiger partial charge in [-0.3, -0.25) is 4.79 Å². The van der Waals surface area contributed by atoms with Crippen LogP contribution in [-0.4, -0.2) is 49.0 Å². The van der Waals surface area contributed by atoms with E-state index in [0.717, 1.165) is 12.8 Å². The fraction of sp³-hybridized carbons (Fsp3) is 0.917. The number of halogens is 6. The van der Waals surface area contributed by atoms with E-state index in [1.54, 1.807) is 4.90 Å². The highest BCUT2D eigenvalue weighted by atomic mass is 19.4. The van der Waals surface area contributed by atoms with E-state index in [1.165, 1.54) is 0 Å². The fourth-order valence-electron chi connectivity index (χ4n) is 1.73. The van der Waals surface area contributed by atoms with Gasteiger partial charge < -0.3 is 9.64 Å². The first-order valence-electron chi connectivity index (χ1n) is 6.57. The molecule has 0 spiro atoms. The lowest BCUT2D eigenvalue weighted by molar-refractivity contribution is -0.313. The second-order valence-corrected chi connectivity index (χ2v) is 4.54. The topological polar surface area (TPSA) is 29.5 Å². The third kappa shape index (κ3) is 8.13. The van der Waals surface area contributed by atoms with E-state index in [1.807, 2.05) is 13.8 Å². The van der Waals surface area contributed by atoms with Gasteiger partial charge in [0.15, 0.2) is 0 Å². The van der Waals surface area contributed by atoms with E-state index in [-0.39, 0.29) is 6.54 Å². The monoisotopic (exact) mass is 323 g/mol. The normalized spacial score (nSPS) is 13.0. The molecule has 9 heteroatoms. The van der Waals surface area contributed by atoms with Crippen molar-refractivity contribution in [3.8, 4) is 0 Å². The molecule has 0 aliphatic rings. The molecule has 0 fully saturated rings. The van der Waals surface area contributed by atoms with Gasteiger partial charge in [-0.05, 0) is 25.9 Å². The van der Waals surface area contributed by atoms with Crippen LogP contribution in [0.2, 0.25) is 0 Å². The smallest absolute Gasteiger partial charge is 0.434 e. The average Bonchev–Trinajstić information content (AvgIpc) is 2.30. The van der Waals surface area contributed by atoms with Crippen molar-refractivity contribution in [3.05, 3.63) is 0 Å². The molecule has 21 heavy (non-hydrogen) atoms. The summed E-state index contributed by atoms with van der Waals surface area (Å²) in [4.78, 5) is 13.0. The molecule has 126 valence electrons. The van der Waals surface area contributed by atoms with Crippen LogP contribution in [0.25, 0.3) is 0 Å². The minimum atomic E-state index is -5.67. The summed E-state index contributed by atoms with van der Waals surface area (Å²) in [5.74, 6) is -1.51. The third-order valence-corrected chi connectivity index (χ3v) is 2.56. The number of rotatable bonds is 8. The molecule has 0 atom stereocenters. The van der Waals surface area contributed by atoms with Gasteiger partial charge in [0.2, 0.25) is 0 Å². The summed E-state index contributed by atoms with van der Waals surface area (Å²) in [5.41, 5.74) is 0. The van der Waals surface area contributed by atoms with Crippen molar-refractivity contribution in [2.75, 3.05) is 19.6 Å². The molecule has 0 saturated heterocycles. The van der Waals surface area contributed by atoms with Crippen LogP contribution < -0.4 is 0 Å². The number of hydrogen-bond acceptors (Lipinski definition) is 3. The summed E-state index contributed by atoms with van der Waals surface area (Å²) in [6.07, 6.45) is -14.4. The van der Waals surface area contributed by atoms with E-state index < -0.39 is 30.8 Å². The molecule has 0 aliphatic carbocycles. The van der Waals surface area contributed by atoms with Crippen molar-refractivity contribution in [2.24, 2.45) is 0 Å². The lowest BCUT2D eigenvalue weighted by Gasteiger charge is -2.24. The number of carbonyl (C=O) groups excluding carboxylic acids is 1. The van der Waals surface area contributed by atoms with Crippen LogP contribution in [0.4, 0.5) is 26.3 Å². The molecule has 0 amide bonds. The molecule has 0 heterocycles. The van der Waals surface area contributed by atoms with Crippen LogP contribution in [0.5, 0.6) is 0 Å². The van der Waals surface area contributed by atoms with Crippen LogP contribution in [-0.2, 0) is 9.53 Å². The average molecular weight is 323 g/mol. The first kappa shape index (κ1) is 20.0. The summed E-state index contributed by atoms with van der Waals surface area (Å²) in [6, 6.07) is 0. The first-order valence-corrected chi connectivity index (χ1v) is 6.57. The second kappa shape index (κ2) is 8.45. The predicted octanol–water partition coefficient (Wildman–Crippen LogP) is 3.53. The molecule has 0 aliphatic heterocycles. The number of esters is 1. The third-order valence-electron chi connectivity index (χ3n) is 2.56. The largest absolute Gasteiger partial charge is 0.443 e. The summed E-state index contributed by atoms with van der Waals surface area (Å²) < 4.78 is 76.8. The summed E-state index contributed by atoms with van der Waals surface area (Å²) >= 11 is 0. The van der Waals surface area contributed by atoms with E-state index in [0.29, 0.717) is 13.1 Å². The van der Waals surface area contributed by atoms with Crippen LogP contribution in [0.15, 0.2) is 0 Å². The van der Waals surface area contributed by atoms with E-state index >= 15 is 0 Å². The van der Waals surface area contributed by atoms with E-state index in [4.69, 9.17) is 0 Å². The molecule has 3 nitrogen and oxygen atoms in total. The van der Waals surface area contributed by atoms with Crippen molar-refractivity contribution < 1.29 is 35.9 Å². The molecule has 0 unspecified atom stereocenters. The standard InChI is InChI=1S/C12H19F6NO2/c1-3-6-19(7-4-2)8-5-9(20)21-10(11(13,14)15)12(16,17)18/h10H,3-8H2,1-2H3. The highest BCUT2D eigenvalue weighted by Crippen LogP contribution is 2.35. The molecular weight excluding hydrogens is 304 g/mol. The molecule has 0 bridgehead atoms. The Morgan fingerprint density at radius 1 is 0.952 bits per heavy atom. The number of alkyl halides is 6. The fourth-order valence-corrected chi connectivity index (χ4v) is 1.73. The van der Waals surface area contributed by atoms with Gasteiger partial charge >= 0.3 is 18.3 Å². The Morgan fingerprint density at radius 3 is 1.71 bits per heavy atom. The number of nitrogens with zero attached hydrogens (tertiary/aromatic N) is 1.